The molecule has 0 nitrogen and oxygen atoms in total. The summed E-state index contributed by atoms with van der Waals surface area (Å²) in [5.41, 5.74) is -0.654. The van der Waals surface area contributed by atoms with Crippen LogP contribution in [0.1, 0.15) is 17.5 Å². The van der Waals surface area contributed by atoms with Crippen LogP contribution in [0.3, 0.4) is 0 Å². The molecule has 0 heterocycles. The summed E-state index contributed by atoms with van der Waals surface area (Å²) < 4.78 is 80.9. The van der Waals surface area contributed by atoms with Crippen molar-refractivity contribution >= 4 is 10.8 Å². The Morgan fingerprint density at radius 1 is 0.889 bits per heavy atom. The molecule has 0 aliphatic rings. The Labute approximate surface area is 151 Å². The summed E-state index contributed by atoms with van der Waals surface area (Å²) in [7, 11) is 0. The highest BCUT2D eigenvalue weighted by atomic mass is 19.4. The number of hydrogen-bond donors (Lipinski definition) is 0. The Bertz CT molecular complexity index is 1020. The smallest absolute Gasteiger partial charge is 0.206 e. The van der Waals surface area contributed by atoms with Crippen molar-refractivity contribution in [2.75, 3.05) is 0 Å². The van der Waals surface area contributed by atoms with Crippen LogP contribution in [0, 0.1) is 17.5 Å². The van der Waals surface area contributed by atoms with Gasteiger partial charge in [0.2, 0.25) is 0 Å². The second-order valence-electron chi connectivity index (χ2n) is 6.12. The standard InChI is InChI=1S/C21H14F6/c1-2-3-4-12-5-7-15(17(22)9-12)13-6-8-16-14(10-13)11-18(23)19(20(16)24)21(25,26)27/h2,5-11H,1,3-4H2. The van der Waals surface area contributed by atoms with Gasteiger partial charge in [-0.15, -0.1) is 6.58 Å². The molecule has 0 spiro atoms. The van der Waals surface area contributed by atoms with E-state index in [4.69, 9.17) is 0 Å². The molecule has 0 aromatic heterocycles. The topological polar surface area (TPSA) is 0 Å². The molecule has 0 N–H and O–H groups in total. The average molecular weight is 380 g/mol. The number of allylic oxidation sites excluding steroid dienone is 1. The van der Waals surface area contributed by atoms with Gasteiger partial charge < -0.3 is 0 Å². The molecule has 0 unspecified atom stereocenters. The lowest BCUT2D eigenvalue weighted by Gasteiger charge is -2.13. The van der Waals surface area contributed by atoms with Crippen LogP contribution in [-0.2, 0) is 12.6 Å². The number of alkyl halides is 3. The summed E-state index contributed by atoms with van der Waals surface area (Å²) >= 11 is 0. The molecule has 6 heteroatoms. The number of hydrogen-bond acceptors (Lipinski definition) is 0. The summed E-state index contributed by atoms with van der Waals surface area (Å²) in [5, 5.41) is -0.457. The predicted molar refractivity (Wildman–Crippen MR) is 92.8 cm³/mol. The minimum Gasteiger partial charge on any atom is -0.206 e. The first-order chi connectivity index (χ1) is 12.7. The lowest BCUT2D eigenvalue weighted by molar-refractivity contribution is -0.142. The summed E-state index contributed by atoms with van der Waals surface area (Å²) in [5.74, 6) is -3.90. The molecule has 0 saturated carbocycles. The summed E-state index contributed by atoms with van der Waals surface area (Å²) in [6.45, 7) is 3.60. The van der Waals surface area contributed by atoms with Crippen LogP contribution in [0.15, 0.2) is 55.1 Å². The molecule has 3 rings (SSSR count). The average Bonchev–Trinajstić information content (AvgIpc) is 2.58. The predicted octanol–water partition coefficient (Wildman–Crippen LogP) is 7.06. The zero-order valence-corrected chi connectivity index (χ0v) is 14.0. The maximum absolute atomic E-state index is 14.4. The van der Waals surface area contributed by atoms with E-state index >= 15 is 0 Å². The van der Waals surface area contributed by atoms with Gasteiger partial charge in [-0.1, -0.05) is 30.3 Å². The molecule has 0 amide bonds. The van der Waals surface area contributed by atoms with Crippen LogP contribution >= 0.6 is 0 Å². The van der Waals surface area contributed by atoms with Crippen LogP contribution in [-0.4, -0.2) is 0 Å². The maximum atomic E-state index is 14.4. The van der Waals surface area contributed by atoms with Crippen LogP contribution in [0.4, 0.5) is 26.3 Å². The highest BCUT2D eigenvalue weighted by Gasteiger charge is 2.38. The quantitative estimate of drug-likeness (QED) is 0.336. The van der Waals surface area contributed by atoms with Gasteiger partial charge in [-0.2, -0.15) is 13.2 Å². The normalized spacial score (nSPS) is 11.8. The molecule has 0 saturated heterocycles. The van der Waals surface area contributed by atoms with E-state index in [1.807, 2.05) is 0 Å². The molecule has 0 aliphatic carbocycles. The van der Waals surface area contributed by atoms with Crippen LogP contribution in [0.2, 0.25) is 0 Å². The fraction of sp³-hybridized carbons (Fsp3) is 0.143. The van der Waals surface area contributed by atoms with Crippen molar-refractivity contribution in [3.8, 4) is 11.1 Å². The van der Waals surface area contributed by atoms with Crippen molar-refractivity contribution in [1.82, 2.24) is 0 Å². The second kappa shape index (κ2) is 7.10. The Kier molecular flexibility index (Phi) is 5.00. The zero-order chi connectivity index (χ0) is 19.8. The van der Waals surface area contributed by atoms with Gasteiger partial charge in [0, 0.05) is 10.9 Å². The first-order valence-corrected chi connectivity index (χ1v) is 8.11. The molecule has 0 atom stereocenters. The van der Waals surface area contributed by atoms with Crippen LogP contribution < -0.4 is 0 Å². The van der Waals surface area contributed by atoms with E-state index in [1.165, 1.54) is 24.3 Å². The number of halogens is 6. The lowest BCUT2D eigenvalue weighted by atomic mass is 9.97. The van der Waals surface area contributed by atoms with E-state index in [1.54, 1.807) is 12.1 Å². The molecule has 0 fully saturated rings. The highest BCUT2D eigenvalue weighted by Crippen LogP contribution is 2.38. The second-order valence-corrected chi connectivity index (χ2v) is 6.12. The van der Waals surface area contributed by atoms with E-state index in [0.717, 1.165) is 11.6 Å². The third kappa shape index (κ3) is 3.70. The van der Waals surface area contributed by atoms with Crippen LogP contribution in [0.25, 0.3) is 21.9 Å². The van der Waals surface area contributed by atoms with Gasteiger partial charge >= 0.3 is 6.18 Å². The first kappa shape index (κ1) is 19.0. The third-order valence-electron chi connectivity index (χ3n) is 4.29. The van der Waals surface area contributed by atoms with Gasteiger partial charge in [-0.25, -0.2) is 13.2 Å². The Morgan fingerprint density at radius 3 is 2.26 bits per heavy atom. The first-order valence-electron chi connectivity index (χ1n) is 8.11. The Morgan fingerprint density at radius 2 is 1.63 bits per heavy atom. The summed E-state index contributed by atoms with van der Waals surface area (Å²) in [6.07, 6.45) is -2.12. The van der Waals surface area contributed by atoms with Gasteiger partial charge in [0.05, 0.1) is 0 Å². The monoisotopic (exact) mass is 380 g/mol. The van der Waals surface area contributed by atoms with Gasteiger partial charge in [-0.3, -0.25) is 0 Å². The van der Waals surface area contributed by atoms with Crippen molar-refractivity contribution < 1.29 is 26.3 Å². The summed E-state index contributed by atoms with van der Waals surface area (Å²) in [6, 6.07) is 8.90. The molecular weight excluding hydrogens is 366 g/mol. The molecule has 0 bridgehead atoms. The van der Waals surface area contributed by atoms with Crippen molar-refractivity contribution in [2.24, 2.45) is 0 Å². The maximum Gasteiger partial charge on any atom is 0.422 e. The Hall–Kier alpha value is -2.76. The van der Waals surface area contributed by atoms with E-state index in [9.17, 15) is 26.3 Å². The molecule has 0 radical (unpaired) electrons. The molecule has 3 aromatic carbocycles. The minimum atomic E-state index is -5.14. The van der Waals surface area contributed by atoms with Crippen molar-refractivity contribution in [1.29, 1.82) is 0 Å². The minimum absolute atomic E-state index is 0.0781. The molecular formula is C21H14F6. The van der Waals surface area contributed by atoms with Gasteiger partial charge in [-0.05, 0) is 47.6 Å². The largest absolute Gasteiger partial charge is 0.422 e. The third-order valence-corrected chi connectivity index (χ3v) is 4.29. The SMILES string of the molecule is C=CCCc1ccc(-c2ccc3c(F)c(C(F)(F)F)c(F)cc3c2)c(F)c1. The molecule has 0 aliphatic heterocycles. The number of rotatable bonds is 4. The fourth-order valence-corrected chi connectivity index (χ4v) is 2.97. The molecule has 3 aromatic rings. The van der Waals surface area contributed by atoms with Gasteiger partial charge in [0.1, 0.15) is 23.0 Å². The zero-order valence-electron chi connectivity index (χ0n) is 14.0. The van der Waals surface area contributed by atoms with Crippen molar-refractivity contribution in [2.45, 2.75) is 19.0 Å². The highest BCUT2D eigenvalue weighted by molar-refractivity contribution is 5.88. The Balaban J connectivity index is 2.09. The van der Waals surface area contributed by atoms with E-state index in [0.29, 0.717) is 24.5 Å². The molecule has 140 valence electrons. The van der Waals surface area contributed by atoms with Gasteiger partial charge in [0.25, 0.3) is 0 Å². The number of benzene rings is 3. The molecule has 27 heavy (non-hydrogen) atoms. The fourth-order valence-electron chi connectivity index (χ4n) is 2.97. The number of fused-ring (bicyclic) bond motifs is 1. The summed E-state index contributed by atoms with van der Waals surface area (Å²) in [4.78, 5) is 0. The van der Waals surface area contributed by atoms with Crippen LogP contribution in [0.5, 0.6) is 0 Å². The van der Waals surface area contributed by atoms with E-state index in [2.05, 4.69) is 6.58 Å². The lowest BCUT2D eigenvalue weighted by Crippen LogP contribution is -2.11. The van der Waals surface area contributed by atoms with Crippen molar-refractivity contribution in [3.63, 3.8) is 0 Å². The van der Waals surface area contributed by atoms with E-state index < -0.39 is 29.2 Å². The van der Waals surface area contributed by atoms with E-state index in [-0.39, 0.29) is 16.3 Å². The van der Waals surface area contributed by atoms with Gasteiger partial charge in [0.15, 0.2) is 0 Å². The van der Waals surface area contributed by atoms with Crippen molar-refractivity contribution in [3.05, 3.63) is 83.7 Å². The number of aryl methyl sites for hydroxylation is 1.